The van der Waals surface area contributed by atoms with Gasteiger partial charge in [0.15, 0.2) is 0 Å². The highest BCUT2D eigenvalue weighted by Crippen LogP contribution is 2.38. The van der Waals surface area contributed by atoms with Crippen molar-refractivity contribution in [1.82, 2.24) is 39.5 Å². The third-order valence-electron chi connectivity index (χ3n) is 11.3. The zero-order valence-electron chi connectivity index (χ0n) is 33.1. The van der Waals surface area contributed by atoms with Gasteiger partial charge in [0, 0.05) is 12.8 Å². The van der Waals surface area contributed by atoms with Gasteiger partial charge in [0.05, 0.1) is 49.0 Å². The number of likely N-dealkylation sites (tertiary alicyclic amines) is 2. The molecule has 8 rings (SSSR count). The molecule has 10 nitrogen and oxygen atoms in total. The van der Waals surface area contributed by atoms with Crippen LogP contribution in [0, 0.1) is 0 Å². The van der Waals surface area contributed by atoms with Gasteiger partial charge in [-0.05, 0) is 61.6 Å². The number of nitrogens with one attached hydrogen (secondary N) is 2. The first kappa shape index (κ1) is 38.9. The lowest BCUT2D eigenvalue weighted by Gasteiger charge is -2.31. The number of alkyl halides is 2. The number of imidazole rings is 2. The summed E-state index contributed by atoms with van der Waals surface area (Å²) in [7, 11) is 7.44. The zero-order chi connectivity index (χ0) is 40.5. The van der Waals surface area contributed by atoms with E-state index in [9.17, 15) is 18.4 Å². The van der Waals surface area contributed by atoms with Crippen LogP contribution in [0.15, 0.2) is 122 Å². The number of carbonyl (C=O) groups excluding carboxylic acids is 2. The molecular formula is C46H48F2N8O2. The van der Waals surface area contributed by atoms with E-state index >= 15 is 0 Å². The van der Waals surface area contributed by atoms with Gasteiger partial charge in [-0.25, -0.2) is 18.7 Å². The van der Waals surface area contributed by atoms with Gasteiger partial charge in [-0.15, -0.1) is 0 Å². The van der Waals surface area contributed by atoms with E-state index in [0.717, 1.165) is 44.8 Å². The number of rotatable bonds is 11. The minimum Gasteiger partial charge on any atom is -0.340 e. The molecule has 0 spiro atoms. The second-order valence-electron chi connectivity index (χ2n) is 15.8. The summed E-state index contributed by atoms with van der Waals surface area (Å²) in [6.07, 6.45) is 1.58. The van der Waals surface area contributed by atoms with Crippen LogP contribution in [-0.2, 0) is 9.59 Å². The standard InChI is InChI=1S/C46H48F2N8O2/c1-53(2)41(33-11-7-5-8-12-33)45(57)55-27-35(47)23-39(55)43-49-25-37(51-43)31-19-15-29(16-20-31)30-17-21-32(22-18-30)38-26-50-44(52-38)40-24-36(48)28-56(40)46(58)42(54(3)4)34-13-9-6-10-14-34/h5-22,25-26,35-36,39-42H,23-24,27-28H2,1-4H3,(H,49,51)(H,50,52)/t35-,36-,39?,40?,41+,42+/m0/s1. The highest BCUT2D eigenvalue weighted by atomic mass is 19.1. The number of aromatic nitrogens is 4. The summed E-state index contributed by atoms with van der Waals surface area (Å²) >= 11 is 0. The van der Waals surface area contributed by atoms with Crippen molar-refractivity contribution in [3.05, 3.63) is 144 Å². The number of H-pyrrole nitrogens is 2. The smallest absolute Gasteiger partial charge is 0.245 e. The van der Waals surface area contributed by atoms with Gasteiger partial charge in [0.1, 0.15) is 36.1 Å². The van der Waals surface area contributed by atoms with Crippen LogP contribution in [0.3, 0.4) is 0 Å². The minimum absolute atomic E-state index is 0.0258. The summed E-state index contributed by atoms with van der Waals surface area (Å²) in [6.45, 7) is 0.0517. The molecule has 2 aliphatic heterocycles. The Kier molecular flexibility index (Phi) is 11.0. The Morgan fingerprint density at radius 1 is 0.569 bits per heavy atom. The number of benzene rings is 4. The van der Waals surface area contributed by atoms with Crippen molar-refractivity contribution in [2.75, 3.05) is 41.3 Å². The van der Waals surface area contributed by atoms with E-state index in [1.807, 2.05) is 147 Å². The normalized spacial score (nSPS) is 20.6. The van der Waals surface area contributed by atoms with E-state index in [1.165, 1.54) is 0 Å². The van der Waals surface area contributed by atoms with Crippen molar-refractivity contribution in [2.45, 2.75) is 49.4 Å². The maximum Gasteiger partial charge on any atom is 0.245 e. The van der Waals surface area contributed by atoms with E-state index in [1.54, 1.807) is 22.2 Å². The number of nitrogens with zero attached hydrogens (tertiary/aromatic N) is 6. The van der Waals surface area contributed by atoms with Crippen LogP contribution in [0.4, 0.5) is 8.78 Å². The monoisotopic (exact) mass is 782 g/mol. The van der Waals surface area contributed by atoms with Gasteiger partial charge >= 0.3 is 0 Å². The molecule has 6 atom stereocenters. The van der Waals surface area contributed by atoms with E-state index < -0.39 is 36.5 Å². The number of hydrogen-bond donors (Lipinski definition) is 2. The molecule has 0 bridgehead atoms. The lowest BCUT2D eigenvalue weighted by Crippen LogP contribution is -2.40. The van der Waals surface area contributed by atoms with E-state index in [4.69, 9.17) is 0 Å². The van der Waals surface area contributed by atoms with Gasteiger partial charge in [-0.3, -0.25) is 19.4 Å². The topological polar surface area (TPSA) is 104 Å². The Bertz CT molecular complexity index is 2160. The fraction of sp³-hybridized carbons (Fsp3) is 0.304. The lowest BCUT2D eigenvalue weighted by molar-refractivity contribution is -0.138. The summed E-state index contributed by atoms with van der Waals surface area (Å²) in [5, 5.41) is 0. The zero-order valence-corrected chi connectivity index (χ0v) is 33.1. The quantitative estimate of drug-likeness (QED) is 0.138. The summed E-state index contributed by atoms with van der Waals surface area (Å²) in [5.41, 5.74) is 7.17. The fourth-order valence-corrected chi connectivity index (χ4v) is 8.47. The first-order valence-corrected chi connectivity index (χ1v) is 19.7. The fourth-order valence-electron chi connectivity index (χ4n) is 8.47. The number of amides is 2. The van der Waals surface area contributed by atoms with Gasteiger partial charge in [0.2, 0.25) is 11.8 Å². The van der Waals surface area contributed by atoms with Gasteiger partial charge in [-0.2, -0.15) is 0 Å². The molecule has 0 radical (unpaired) electrons. The first-order valence-electron chi connectivity index (χ1n) is 19.7. The molecule has 4 heterocycles. The molecule has 2 fully saturated rings. The number of hydrogen-bond acceptors (Lipinski definition) is 6. The maximum atomic E-state index is 14.9. The molecular weight excluding hydrogens is 735 g/mol. The Balaban J connectivity index is 0.946. The van der Waals surface area contributed by atoms with Crippen LogP contribution in [0.1, 0.15) is 59.8 Å². The van der Waals surface area contributed by atoms with Crippen molar-refractivity contribution in [3.63, 3.8) is 0 Å². The summed E-state index contributed by atoms with van der Waals surface area (Å²) in [6, 6.07) is 33.3. The number of likely N-dealkylation sites (N-methyl/N-ethyl adjacent to an activating group) is 2. The molecule has 12 heteroatoms. The molecule has 0 aliphatic carbocycles. The number of carbonyl (C=O) groups is 2. The molecule has 0 saturated carbocycles. The summed E-state index contributed by atoms with van der Waals surface area (Å²) in [4.78, 5) is 50.8. The second-order valence-corrected chi connectivity index (χ2v) is 15.8. The first-order chi connectivity index (χ1) is 28.0. The lowest BCUT2D eigenvalue weighted by atomic mass is 10.0. The van der Waals surface area contributed by atoms with Crippen molar-refractivity contribution < 1.29 is 18.4 Å². The molecule has 4 aromatic carbocycles. The highest BCUT2D eigenvalue weighted by Gasteiger charge is 2.43. The van der Waals surface area contributed by atoms with Crippen LogP contribution in [0.5, 0.6) is 0 Å². The third-order valence-corrected chi connectivity index (χ3v) is 11.3. The number of aromatic amines is 2. The SMILES string of the molecule is CN(C)[C@@H](C(=O)N1C[C@@H](F)CC1c1ncc(-c2ccc(-c3ccc(-c4cnc(C5C[C@H](F)CN5C(=O)[C@@H](c5ccccc5)N(C)C)[nH]4)cc3)cc2)[nH]1)c1ccccc1. The molecule has 2 aromatic heterocycles. The molecule has 298 valence electrons. The van der Waals surface area contributed by atoms with Crippen LogP contribution < -0.4 is 0 Å². The molecule has 6 aromatic rings. The highest BCUT2D eigenvalue weighted by molar-refractivity contribution is 5.85. The van der Waals surface area contributed by atoms with Gasteiger partial charge < -0.3 is 19.8 Å². The predicted octanol–water partition coefficient (Wildman–Crippen LogP) is 7.96. The van der Waals surface area contributed by atoms with Crippen molar-refractivity contribution >= 4 is 11.8 Å². The number of halogens is 2. The molecule has 2 N–H and O–H groups in total. The van der Waals surface area contributed by atoms with Gasteiger partial charge in [-0.1, -0.05) is 109 Å². The van der Waals surface area contributed by atoms with E-state index in [-0.39, 0.29) is 37.7 Å². The minimum atomic E-state index is -1.14. The molecule has 2 saturated heterocycles. The van der Waals surface area contributed by atoms with E-state index in [2.05, 4.69) is 19.9 Å². The molecule has 58 heavy (non-hydrogen) atoms. The van der Waals surface area contributed by atoms with Crippen molar-refractivity contribution in [1.29, 1.82) is 0 Å². The third kappa shape index (κ3) is 7.81. The van der Waals surface area contributed by atoms with Crippen LogP contribution in [-0.4, -0.2) is 105 Å². The average Bonchev–Trinajstić information content (AvgIpc) is 4.06. The van der Waals surface area contributed by atoms with E-state index in [0.29, 0.717) is 11.6 Å². The van der Waals surface area contributed by atoms with Crippen LogP contribution in [0.25, 0.3) is 33.6 Å². The Hall–Kier alpha value is -5.98. The second kappa shape index (κ2) is 16.5. The summed E-state index contributed by atoms with van der Waals surface area (Å²) < 4.78 is 29.9. The Morgan fingerprint density at radius 2 is 0.914 bits per heavy atom. The maximum absolute atomic E-state index is 14.9. The van der Waals surface area contributed by atoms with Crippen LogP contribution >= 0.6 is 0 Å². The van der Waals surface area contributed by atoms with Crippen LogP contribution in [0.2, 0.25) is 0 Å². The average molecular weight is 783 g/mol. The molecule has 2 amide bonds. The van der Waals surface area contributed by atoms with Crippen molar-refractivity contribution in [2.24, 2.45) is 0 Å². The predicted molar refractivity (Wildman–Crippen MR) is 221 cm³/mol. The Labute approximate surface area is 337 Å². The van der Waals surface area contributed by atoms with Crippen molar-refractivity contribution in [3.8, 4) is 33.6 Å². The largest absolute Gasteiger partial charge is 0.340 e. The van der Waals surface area contributed by atoms with Gasteiger partial charge in [0.25, 0.3) is 0 Å². The molecule has 2 unspecified atom stereocenters. The molecule has 2 aliphatic rings. The summed E-state index contributed by atoms with van der Waals surface area (Å²) in [5.74, 6) is 0.833. The Morgan fingerprint density at radius 3 is 1.26 bits per heavy atom.